The van der Waals surface area contributed by atoms with Crippen LogP contribution in [0.25, 0.3) is 10.2 Å². The number of fused-ring (bicyclic) bond motifs is 1. The summed E-state index contributed by atoms with van der Waals surface area (Å²) in [5, 5.41) is 2.98. The van der Waals surface area contributed by atoms with Gasteiger partial charge in [0.1, 0.15) is 11.9 Å². The molecule has 1 atom stereocenters. The molecule has 0 aliphatic carbocycles. The van der Waals surface area contributed by atoms with Gasteiger partial charge in [-0.3, -0.25) is 9.59 Å². The second-order valence-corrected chi connectivity index (χ2v) is 5.38. The molecule has 0 saturated heterocycles. The number of methoxy groups -OCH3 is 1. The van der Waals surface area contributed by atoms with Crippen molar-refractivity contribution in [3.8, 4) is 0 Å². The standard InChI is InChI=1S/C13H14FN3O3S/c1-20-12(19)8(15)3-5-11(18)17-13-16-9-4-2-7(14)6-10(9)21-13/h2,4,6,8H,3,5,15H2,1H3,(H,16,17,18)/t8-/m0/s1. The van der Waals surface area contributed by atoms with E-state index in [2.05, 4.69) is 15.0 Å². The van der Waals surface area contributed by atoms with Crippen LogP contribution in [-0.4, -0.2) is 30.0 Å². The number of nitrogens with zero attached hydrogens (tertiary/aromatic N) is 1. The van der Waals surface area contributed by atoms with Gasteiger partial charge in [0.15, 0.2) is 5.13 Å². The van der Waals surface area contributed by atoms with E-state index in [1.807, 2.05) is 0 Å². The van der Waals surface area contributed by atoms with Crippen molar-refractivity contribution in [3.63, 3.8) is 0 Å². The number of aromatic nitrogens is 1. The van der Waals surface area contributed by atoms with Gasteiger partial charge in [-0.15, -0.1) is 0 Å². The molecule has 0 aliphatic heterocycles. The summed E-state index contributed by atoms with van der Waals surface area (Å²) in [7, 11) is 1.24. The average molecular weight is 311 g/mol. The molecular weight excluding hydrogens is 297 g/mol. The van der Waals surface area contributed by atoms with E-state index in [4.69, 9.17) is 5.73 Å². The van der Waals surface area contributed by atoms with Crippen molar-refractivity contribution >= 4 is 38.6 Å². The Morgan fingerprint density at radius 3 is 3.00 bits per heavy atom. The molecule has 3 N–H and O–H groups in total. The van der Waals surface area contributed by atoms with E-state index in [0.717, 1.165) is 0 Å². The van der Waals surface area contributed by atoms with E-state index in [-0.39, 0.29) is 24.6 Å². The number of hydrogen-bond acceptors (Lipinski definition) is 6. The number of anilines is 1. The lowest BCUT2D eigenvalue weighted by atomic mass is 10.1. The predicted molar refractivity (Wildman–Crippen MR) is 77.4 cm³/mol. The predicted octanol–water partition coefficient (Wildman–Crippen LogP) is 1.65. The summed E-state index contributed by atoms with van der Waals surface area (Å²) in [5.74, 6) is -1.22. The fourth-order valence-corrected chi connectivity index (χ4v) is 2.60. The number of rotatable bonds is 5. The number of nitrogens with two attached hydrogens (primary N) is 1. The number of ether oxygens (including phenoxy) is 1. The van der Waals surface area contributed by atoms with Gasteiger partial charge in [0, 0.05) is 6.42 Å². The van der Waals surface area contributed by atoms with Crippen LogP contribution in [0.5, 0.6) is 0 Å². The fourth-order valence-electron chi connectivity index (χ4n) is 1.69. The molecule has 0 bridgehead atoms. The van der Waals surface area contributed by atoms with E-state index in [0.29, 0.717) is 15.3 Å². The number of halogens is 1. The fraction of sp³-hybridized carbons (Fsp3) is 0.308. The lowest BCUT2D eigenvalue weighted by Crippen LogP contribution is -2.32. The minimum absolute atomic E-state index is 0.0700. The lowest BCUT2D eigenvalue weighted by Gasteiger charge is -2.08. The highest BCUT2D eigenvalue weighted by Gasteiger charge is 2.16. The molecule has 1 amide bonds. The van der Waals surface area contributed by atoms with Crippen LogP contribution in [0, 0.1) is 5.82 Å². The van der Waals surface area contributed by atoms with Gasteiger partial charge in [0.05, 0.1) is 17.3 Å². The minimum Gasteiger partial charge on any atom is -0.468 e. The van der Waals surface area contributed by atoms with Crippen molar-refractivity contribution < 1.29 is 18.7 Å². The number of nitrogens with one attached hydrogen (secondary N) is 1. The zero-order chi connectivity index (χ0) is 15.4. The molecule has 0 unspecified atom stereocenters. The molecule has 6 nitrogen and oxygen atoms in total. The second-order valence-electron chi connectivity index (χ2n) is 4.35. The number of hydrogen-bond donors (Lipinski definition) is 2. The minimum atomic E-state index is -0.829. The van der Waals surface area contributed by atoms with Crippen molar-refractivity contribution in [1.82, 2.24) is 4.98 Å². The normalized spacial score (nSPS) is 12.1. The van der Waals surface area contributed by atoms with E-state index >= 15 is 0 Å². The van der Waals surface area contributed by atoms with E-state index < -0.39 is 12.0 Å². The molecule has 0 radical (unpaired) electrons. The van der Waals surface area contributed by atoms with Gasteiger partial charge in [0.2, 0.25) is 5.91 Å². The van der Waals surface area contributed by atoms with Gasteiger partial charge in [0.25, 0.3) is 0 Å². The van der Waals surface area contributed by atoms with Crippen LogP contribution in [0.3, 0.4) is 0 Å². The summed E-state index contributed by atoms with van der Waals surface area (Å²) in [6.07, 6.45) is 0.249. The molecular formula is C13H14FN3O3S. The Hall–Kier alpha value is -2.06. The third kappa shape index (κ3) is 3.96. The molecule has 8 heteroatoms. The molecule has 0 aliphatic rings. The Kier molecular flexibility index (Phi) is 4.81. The largest absolute Gasteiger partial charge is 0.468 e. The lowest BCUT2D eigenvalue weighted by molar-refractivity contribution is -0.142. The number of carbonyl (C=O) groups is 2. The Morgan fingerprint density at radius 1 is 1.52 bits per heavy atom. The Morgan fingerprint density at radius 2 is 2.29 bits per heavy atom. The summed E-state index contributed by atoms with van der Waals surface area (Å²) in [5.41, 5.74) is 6.15. The summed E-state index contributed by atoms with van der Waals surface area (Å²) in [6.45, 7) is 0. The van der Waals surface area contributed by atoms with Crippen LogP contribution < -0.4 is 11.1 Å². The molecule has 2 aromatic rings. The first-order valence-electron chi connectivity index (χ1n) is 6.19. The molecule has 0 spiro atoms. The Labute approximate surface area is 124 Å². The van der Waals surface area contributed by atoms with Crippen molar-refractivity contribution in [2.24, 2.45) is 5.73 Å². The highest BCUT2D eigenvalue weighted by atomic mass is 32.1. The second kappa shape index (κ2) is 6.59. The molecule has 112 valence electrons. The van der Waals surface area contributed by atoms with Crippen molar-refractivity contribution in [2.75, 3.05) is 12.4 Å². The number of carbonyl (C=O) groups excluding carboxylic acids is 2. The van der Waals surface area contributed by atoms with E-state index in [1.54, 1.807) is 6.07 Å². The zero-order valence-corrected chi connectivity index (χ0v) is 12.1. The third-order valence-electron chi connectivity index (χ3n) is 2.78. The number of thiazole rings is 1. The number of benzene rings is 1. The van der Waals surface area contributed by atoms with E-state index in [9.17, 15) is 14.0 Å². The number of amides is 1. The Bertz CT molecular complexity index is 674. The van der Waals surface area contributed by atoms with Gasteiger partial charge in [-0.1, -0.05) is 11.3 Å². The molecule has 0 saturated carbocycles. The molecule has 1 aromatic carbocycles. The average Bonchev–Trinajstić information content (AvgIpc) is 2.84. The van der Waals surface area contributed by atoms with Crippen LogP contribution in [0.15, 0.2) is 18.2 Å². The summed E-state index contributed by atoms with van der Waals surface area (Å²) < 4.78 is 18.2. The summed E-state index contributed by atoms with van der Waals surface area (Å²) in [6, 6.07) is 3.38. The van der Waals surface area contributed by atoms with Gasteiger partial charge in [-0.05, 0) is 24.6 Å². The first kappa shape index (κ1) is 15.3. The van der Waals surface area contributed by atoms with Crippen LogP contribution in [0.4, 0.5) is 9.52 Å². The van der Waals surface area contributed by atoms with Crippen LogP contribution in [-0.2, 0) is 14.3 Å². The van der Waals surface area contributed by atoms with Gasteiger partial charge in [-0.25, -0.2) is 9.37 Å². The Balaban J connectivity index is 1.93. The first-order chi connectivity index (χ1) is 9.99. The maximum Gasteiger partial charge on any atom is 0.322 e. The number of esters is 1. The van der Waals surface area contributed by atoms with Crippen molar-refractivity contribution in [3.05, 3.63) is 24.0 Å². The molecule has 1 heterocycles. The van der Waals surface area contributed by atoms with Gasteiger partial charge in [-0.2, -0.15) is 0 Å². The quantitative estimate of drug-likeness (QED) is 0.819. The zero-order valence-electron chi connectivity index (χ0n) is 11.3. The SMILES string of the molecule is COC(=O)[C@@H](N)CCC(=O)Nc1nc2ccc(F)cc2s1. The topological polar surface area (TPSA) is 94.3 Å². The van der Waals surface area contributed by atoms with Crippen LogP contribution in [0.2, 0.25) is 0 Å². The smallest absolute Gasteiger partial charge is 0.322 e. The maximum atomic E-state index is 13.1. The highest BCUT2D eigenvalue weighted by molar-refractivity contribution is 7.22. The molecule has 0 fully saturated rings. The summed E-state index contributed by atoms with van der Waals surface area (Å²) in [4.78, 5) is 27.0. The van der Waals surface area contributed by atoms with Crippen LogP contribution in [0.1, 0.15) is 12.8 Å². The third-order valence-corrected chi connectivity index (χ3v) is 3.72. The maximum absolute atomic E-state index is 13.1. The van der Waals surface area contributed by atoms with Gasteiger partial charge >= 0.3 is 5.97 Å². The summed E-state index contributed by atoms with van der Waals surface area (Å²) >= 11 is 1.18. The van der Waals surface area contributed by atoms with Crippen LogP contribution >= 0.6 is 11.3 Å². The van der Waals surface area contributed by atoms with Crippen molar-refractivity contribution in [2.45, 2.75) is 18.9 Å². The molecule has 2 rings (SSSR count). The molecule has 21 heavy (non-hydrogen) atoms. The first-order valence-corrected chi connectivity index (χ1v) is 7.00. The molecule has 1 aromatic heterocycles. The highest BCUT2D eigenvalue weighted by Crippen LogP contribution is 2.26. The van der Waals surface area contributed by atoms with Crippen molar-refractivity contribution in [1.29, 1.82) is 0 Å². The monoisotopic (exact) mass is 311 g/mol. The van der Waals surface area contributed by atoms with E-state index in [1.165, 1.54) is 30.6 Å². The van der Waals surface area contributed by atoms with Gasteiger partial charge < -0.3 is 15.8 Å².